The molecule has 122 valence electrons. The van der Waals surface area contributed by atoms with Gasteiger partial charge in [0.1, 0.15) is 11.6 Å². The Hall–Kier alpha value is -2.41. The summed E-state index contributed by atoms with van der Waals surface area (Å²) in [6, 6.07) is 3.84. The van der Waals surface area contributed by atoms with E-state index in [-0.39, 0.29) is 11.7 Å². The number of fused-ring (bicyclic) bond motifs is 1. The number of benzene rings is 1. The lowest BCUT2D eigenvalue weighted by molar-refractivity contribution is 0.0933. The zero-order valence-electron chi connectivity index (χ0n) is 13.1. The van der Waals surface area contributed by atoms with Gasteiger partial charge in [0, 0.05) is 36.3 Å². The van der Waals surface area contributed by atoms with Crippen molar-refractivity contribution >= 4 is 5.91 Å². The molecule has 2 heterocycles. The number of halogens is 1. The van der Waals surface area contributed by atoms with Crippen LogP contribution in [-0.4, -0.2) is 29.8 Å². The molecule has 6 nitrogen and oxygen atoms in total. The molecule has 1 aromatic heterocycles. The molecule has 1 aliphatic rings. The third kappa shape index (κ3) is 3.05. The fourth-order valence-corrected chi connectivity index (χ4v) is 2.80. The smallest absolute Gasteiger partial charge is 0.272 e. The Balaban J connectivity index is 1.80. The normalized spacial score (nSPS) is 14.9. The summed E-state index contributed by atoms with van der Waals surface area (Å²) in [4.78, 5) is 12.5. The zero-order chi connectivity index (χ0) is 16.4. The van der Waals surface area contributed by atoms with E-state index < -0.39 is 6.04 Å². The first-order chi connectivity index (χ1) is 11.1. The summed E-state index contributed by atoms with van der Waals surface area (Å²) < 4.78 is 18.7. The number of nitrogens with zero attached hydrogens (tertiary/aromatic N) is 1. The van der Waals surface area contributed by atoms with E-state index in [1.165, 1.54) is 19.2 Å². The van der Waals surface area contributed by atoms with Gasteiger partial charge in [0.15, 0.2) is 5.69 Å². The summed E-state index contributed by atoms with van der Waals surface area (Å²) in [6.07, 6.45) is 0.822. The van der Waals surface area contributed by atoms with Crippen LogP contribution >= 0.6 is 0 Å². The van der Waals surface area contributed by atoms with Gasteiger partial charge in [-0.05, 0) is 25.1 Å². The quantitative estimate of drug-likeness (QED) is 0.801. The highest BCUT2D eigenvalue weighted by Crippen LogP contribution is 2.26. The highest BCUT2D eigenvalue weighted by Gasteiger charge is 2.23. The largest absolute Gasteiger partial charge is 0.496 e. The zero-order valence-corrected chi connectivity index (χ0v) is 13.1. The minimum Gasteiger partial charge on any atom is -0.496 e. The van der Waals surface area contributed by atoms with Crippen LogP contribution in [-0.2, 0) is 13.0 Å². The molecule has 0 bridgehead atoms. The fourth-order valence-electron chi connectivity index (χ4n) is 2.80. The molecule has 1 amide bonds. The first-order valence-electron chi connectivity index (χ1n) is 7.51. The van der Waals surface area contributed by atoms with E-state index in [1.54, 1.807) is 13.0 Å². The molecule has 3 rings (SSSR count). The van der Waals surface area contributed by atoms with Gasteiger partial charge in [0.05, 0.1) is 13.2 Å². The molecule has 7 heteroatoms. The summed E-state index contributed by atoms with van der Waals surface area (Å²) in [6.45, 7) is 3.27. The van der Waals surface area contributed by atoms with Crippen molar-refractivity contribution in [3.63, 3.8) is 0 Å². The minimum absolute atomic E-state index is 0.287. The Labute approximate surface area is 133 Å². The molecule has 1 aromatic carbocycles. The highest BCUT2D eigenvalue weighted by molar-refractivity contribution is 5.94. The molecule has 1 unspecified atom stereocenters. The molecular weight excluding hydrogens is 299 g/mol. The predicted molar refractivity (Wildman–Crippen MR) is 82.8 cm³/mol. The molecule has 0 aliphatic carbocycles. The molecule has 3 N–H and O–H groups in total. The van der Waals surface area contributed by atoms with Gasteiger partial charge in [-0.2, -0.15) is 5.10 Å². The monoisotopic (exact) mass is 318 g/mol. The number of H-pyrrole nitrogens is 1. The number of nitrogens with one attached hydrogen (secondary N) is 3. The molecule has 0 spiro atoms. The summed E-state index contributed by atoms with van der Waals surface area (Å²) in [5.74, 6) is -0.127. The summed E-state index contributed by atoms with van der Waals surface area (Å²) >= 11 is 0. The van der Waals surface area contributed by atoms with Crippen molar-refractivity contribution in [2.24, 2.45) is 0 Å². The minimum atomic E-state index is -0.406. The number of rotatable bonds is 4. The molecule has 1 aliphatic heterocycles. The summed E-state index contributed by atoms with van der Waals surface area (Å²) in [5.41, 5.74) is 2.86. The third-order valence-corrected chi connectivity index (χ3v) is 4.03. The van der Waals surface area contributed by atoms with Crippen LogP contribution in [0, 0.1) is 5.82 Å². The lowest BCUT2D eigenvalue weighted by Gasteiger charge is -2.18. The number of methoxy groups -OCH3 is 1. The number of hydrogen-bond acceptors (Lipinski definition) is 4. The molecule has 2 aromatic rings. The van der Waals surface area contributed by atoms with Crippen molar-refractivity contribution in [1.29, 1.82) is 0 Å². The van der Waals surface area contributed by atoms with Gasteiger partial charge >= 0.3 is 0 Å². The van der Waals surface area contributed by atoms with Crippen molar-refractivity contribution in [3.8, 4) is 5.75 Å². The Kier molecular flexibility index (Phi) is 4.29. The van der Waals surface area contributed by atoms with Crippen LogP contribution in [0.25, 0.3) is 0 Å². The van der Waals surface area contributed by atoms with E-state index >= 15 is 0 Å². The first kappa shape index (κ1) is 15.5. The SMILES string of the molecule is COc1ccc(F)cc1C(C)NC(=O)c1n[nH]c2c1CNCC2. The van der Waals surface area contributed by atoms with Crippen LogP contribution in [0.1, 0.15) is 40.3 Å². The lowest BCUT2D eigenvalue weighted by atomic mass is 10.0. The van der Waals surface area contributed by atoms with E-state index in [9.17, 15) is 9.18 Å². The second kappa shape index (κ2) is 6.37. The van der Waals surface area contributed by atoms with Gasteiger partial charge in [-0.15, -0.1) is 0 Å². The Morgan fingerprint density at radius 1 is 1.48 bits per heavy atom. The maximum atomic E-state index is 13.5. The van der Waals surface area contributed by atoms with Gasteiger partial charge in [0.2, 0.25) is 0 Å². The molecule has 0 fully saturated rings. The van der Waals surface area contributed by atoms with E-state index in [0.29, 0.717) is 23.6 Å². The number of carbonyl (C=O) groups excluding carboxylic acids is 1. The lowest BCUT2D eigenvalue weighted by Crippen LogP contribution is -2.30. The number of hydrogen-bond donors (Lipinski definition) is 3. The standard InChI is InChI=1S/C16H19FN4O2/c1-9(11-7-10(17)3-4-14(11)23-2)19-16(22)15-12-8-18-6-5-13(12)20-21-15/h3-4,7,9,18H,5-6,8H2,1-2H3,(H,19,22)(H,20,21). The average Bonchev–Trinajstić information content (AvgIpc) is 2.98. The highest BCUT2D eigenvalue weighted by atomic mass is 19.1. The second-order valence-electron chi connectivity index (χ2n) is 5.54. The van der Waals surface area contributed by atoms with Gasteiger partial charge in [-0.1, -0.05) is 0 Å². The molecule has 1 atom stereocenters. The topological polar surface area (TPSA) is 79.0 Å². The van der Waals surface area contributed by atoms with Crippen LogP contribution in [0.4, 0.5) is 4.39 Å². The fraction of sp³-hybridized carbons (Fsp3) is 0.375. The van der Waals surface area contributed by atoms with Crippen molar-refractivity contribution in [3.05, 3.63) is 46.5 Å². The first-order valence-corrected chi connectivity index (χ1v) is 7.51. The number of aromatic amines is 1. The van der Waals surface area contributed by atoms with Crippen molar-refractivity contribution in [2.75, 3.05) is 13.7 Å². The number of ether oxygens (including phenoxy) is 1. The Morgan fingerprint density at radius 2 is 2.30 bits per heavy atom. The molecule has 0 saturated carbocycles. The van der Waals surface area contributed by atoms with Gasteiger partial charge in [0.25, 0.3) is 5.91 Å². The molecule has 0 saturated heterocycles. The van der Waals surface area contributed by atoms with E-state index in [4.69, 9.17) is 4.74 Å². The van der Waals surface area contributed by atoms with Crippen molar-refractivity contribution in [1.82, 2.24) is 20.8 Å². The number of aromatic nitrogens is 2. The van der Waals surface area contributed by atoms with Crippen LogP contribution in [0.5, 0.6) is 5.75 Å². The van der Waals surface area contributed by atoms with E-state index in [1.807, 2.05) is 0 Å². The number of carbonyl (C=O) groups is 1. The van der Waals surface area contributed by atoms with Crippen LogP contribution < -0.4 is 15.4 Å². The average molecular weight is 318 g/mol. The van der Waals surface area contributed by atoms with Crippen LogP contribution in [0.3, 0.4) is 0 Å². The van der Waals surface area contributed by atoms with Gasteiger partial charge in [-0.3, -0.25) is 9.89 Å². The maximum absolute atomic E-state index is 13.5. The summed E-state index contributed by atoms with van der Waals surface area (Å²) in [7, 11) is 1.51. The third-order valence-electron chi connectivity index (χ3n) is 4.03. The van der Waals surface area contributed by atoms with Crippen LogP contribution in [0.2, 0.25) is 0 Å². The number of amides is 1. The Bertz CT molecular complexity index is 729. The molecule has 23 heavy (non-hydrogen) atoms. The maximum Gasteiger partial charge on any atom is 0.272 e. The van der Waals surface area contributed by atoms with Gasteiger partial charge in [-0.25, -0.2) is 4.39 Å². The van der Waals surface area contributed by atoms with Crippen molar-refractivity contribution < 1.29 is 13.9 Å². The predicted octanol–water partition coefficient (Wildman–Crippen LogP) is 1.69. The molecular formula is C16H19FN4O2. The Morgan fingerprint density at radius 3 is 3.09 bits per heavy atom. The van der Waals surface area contributed by atoms with Crippen molar-refractivity contribution in [2.45, 2.75) is 25.9 Å². The summed E-state index contributed by atoms with van der Waals surface area (Å²) in [5, 5.41) is 13.1. The van der Waals surface area contributed by atoms with E-state index in [2.05, 4.69) is 20.8 Å². The van der Waals surface area contributed by atoms with Crippen LogP contribution in [0.15, 0.2) is 18.2 Å². The van der Waals surface area contributed by atoms with E-state index in [0.717, 1.165) is 24.2 Å². The second-order valence-corrected chi connectivity index (χ2v) is 5.54. The van der Waals surface area contributed by atoms with Gasteiger partial charge < -0.3 is 15.4 Å². The molecule has 0 radical (unpaired) electrons.